The third-order valence-corrected chi connectivity index (χ3v) is 4.20. The highest BCUT2D eigenvalue weighted by atomic mass is 16.7. The maximum absolute atomic E-state index is 11.9. The van der Waals surface area contributed by atoms with Crippen LogP contribution in [-0.4, -0.2) is 26.0 Å². The molecule has 26 heavy (non-hydrogen) atoms. The van der Waals surface area contributed by atoms with E-state index in [2.05, 4.69) is 10.5 Å². The highest BCUT2D eigenvalue weighted by Crippen LogP contribution is 2.31. The number of carbonyl (C=O) groups is 1. The van der Waals surface area contributed by atoms with E-state index in [1.54, 1.807) is 13.3 Å². The molecule has 2 aromatic carbocycles. The summed E-state index contributed by atoms with van der Waals surface area (Å²) in [5, 5.41) is 4.00. The lowest BCUT2D eigenvalue weighted by molar-refractivity contribution is -0.121. The standard InChI is InChI=1S/C20H22N2O4/c1-14-10-17(24-2)8-7-16(14)4-3-5-20(23)22-21-12-15-6-9-18-19(11-15)26-13-25-18/h6-12H,3-5,13H2,1-2H3,(H,22,23)/b21-12+. The highest BCUT2D eigenvalue weighted by Gasteiger charge is 2.12. The van der Waals surface area contributed by atoms with Crippen LogP contribution in [-0.2, 0) is 11.2 Å². The molecule has 2 aromatic rings. The summed E-state index contributed by atoms with van der Waals surface area (Å²) >= 11 is 0. The molecule has 0 aromatic heterocycles. The Labute approximate surface area is 152 Å². The molecule has 0 spiro atoms. The molecule has 1 amide bonds. The number of hydrogen-bond donors (Lipinski definition) is 1. The summed E-state index contributed by atoms with van der Waals surface area (Å²) in [5.41, 5.74) is 5.79. The van der Waals surface area contributed by atoms with Crippen molar-refractivity contribution in [3.63, 3.8) is 0 Å². The number of benzene rings is 2. The quantitative estimate of drug-likeness (QED) is 0.612. The topological polar surface area (TPSA) is 69.2 Å². The lowest BCUT2D eigenvalue weighted by Crippen LogP contribution is -2.17. The van der Waals surface area contributed by atoms with Crippen molar-refractivity contribution >= 4 is 12.1 Å². The third-order valence-electron chi connectivity index (χ3n) is 4.20. The van der Waals surface area contributed by atoms with Crippen LogP contribution >= 0.6 is 0 Å². The van der Waals surface area contributed by atoms with Crippen molar-refractivity contribution in [2.45, 2.75) is 26.2 Å². The normalized spacial score (nSPS) is 12.4. The summed E-state index contributed by atoms with van der Waals surface area (Å²) < 4.78 is 15.8. The molecule has 1 aliphatic rings. The van der Waals surface area contributed by atoms with Crippen LogP contribution in [0.2, 0.25) is 0 Å². The SMILES string of the molecule is COc1ccc(CCCC(=O)N/N=C/c2ccc3c(c2)OCO3)c(C)c1. The lowest BCUT2D eigenvalue weighted by atomic mass is 10.0. The van der Waals surface area contributed by atoms with Crippen LogP contribution in [0.15, 0.2) is 41.5 Å². The van der Waals surface area contributed by atoms with Gasteiger partial charge in [0, 0.05) is 6.42 Å². The Hall–Kier alpha value is -3.02. The number of rotatable bonds is 7. The zero-order valence-corrected chi connectivity index (χ0v) is 15.0. The second-order valence-electron chi connectivity index (χ2n) is 6.05. The monoisotopic (exact) mass is 354 g/mol. The van der Waals surface area contributed by atoms with Crippen molar-refractivity contribution in [1.82, 2.24) is 5.43 Å². The Morgan fingerprint density at radius 2 is 2.08 bits per heavy atom. The molecule has 1 N–H and O–H groups in total. The zero-order chi connectivity index (χ0) is 18.4. The van der Waals surface area contributed by atoms with Gasteiger partial charge in [0.2, 0.25) is 12.7 Å². The second kappa shape index (κ2) is 8.38. The van der Waals surface area contributed by atoms with E-state index < -0.39 is 0 Å². The van der Waals surface area contributed by atoms with Gasteiger partial charge in [-0.05, 0) is 66.8 Å². The van der Waals surface area contributed by atoms with Gasteiger partial charge in [0.05, 0.1) is 13.3 Å². The maximum atomic E-state index is 11.9. The minimum atomic E-state index is -0.104. The first-order chi connectivity index (χ1) is 12.7. The first-order valence-electron chi connectivity index (χ1n) is 8.51. The van der Waals surface area contributed by atoms with Crippen LogP contribution in [0.1, 0.15) is 29.5 Å². The molecule has 3 rings (SSSR count). The molecule has 0 fully saturated rings. The van der Waals surface area contributed by atoms with Gasteiger partial charge in [-0.15, -0.1) is 0 Å². The number of aryl methyl sites for hydroxylation is 2. The first kappa shape index (κ1) is 17.8. The number of nitrogens with one attached hydrogen (secondary N) is 1. The van der Waals surface area contributed by atoms with Gasteiger partial charge < -0.3 is 14.2 Å². The Balaban J connectivity index is 1.43. The fraction of sp³-hybridized carbons (Fsp3) is 0.300. The molecule has 6 nitrogen and oxygen atoms in total. The van der Waals surface area contributed by atoms with Gasteiger partial charge >= 0.3 is 0 Å². The average Bonchev–Trinajstić information content (AvgIpc) is 3.11. The minimum Gasteiger partial charge on any atom is -0.497 e. The van der Waals surface area contributed by atoms with Crippen LogP contribution in [0.3, 0.4) is 0 Å². The maximum Gasteiger partial charge on any atom is 0.240 e. The van der Waals surface area contributed by atoms with E-state index in [0.717, 1.165) is 29.9 Å². The van der Waals surface area contributed by atoms with E-state index in [9.17, 15) is 4.79 Å². The summed E-state index contributed by atoms with van der Waals surface area (Å²) in [5.74, 6) is 2.16. The summed E-state index contributed by atoms with van der Waals surface area (Å²) in [7, 11) is 1.66. The number of carbonyl (C=O) groups excluding carboxylic acids is 1. The summed E-state index contributed by atoms with van der Waals surface area (Å²) in [4.78, 5) is 11.9. The molecule has 0 unspecified atom stereocenters. The predicted octanol–water partition coefficient (Wildman–Crippen LogP) is 3.21. The molecule has 0 radical (unpaired) electrons. The van der Waals surface area contributed by atoms with Gasteiger partial charge in [0.1, 0.15) is 5.75 Å². The lowest BCUT2D eigenvalue weighted by Gasteiger charge is -2.07. The van der Waals surface area contributed by atoms with Crippen molar-refractivity contribution in [2.24, 2.45) is 5.10 Å². The smallest absolute Gasteiger partial charge is 0.240 e. The van der Waals surface area contributed by atoms with Crippen molar-refractivity contribution in [2.75, 3.05) is 13.9 Å². The van der Waals surface area contributed by atoms with Crippen LogP contribution in [0.4, 0.5) is 0 Å². The molecule has 1 aliphatic heterocycles. The highest BCUT2D eigenvalue weighted by molar-refractivity contribution is 5.83. The molecule has 0 aliphatic carbocycles. The number of methoxy groups -OCH3 is 1. The number of hydrazone groups is 1. The van der Waals surface area contributed by atoms with Gasteiger partial charge in [-0.2, -0.15) is 5.10 Å². The number of fused-ring (bicyclic) bond motifs is 1. The van der Waals surface area contributed by atoms with Crippen LogP contribution in [0.5, 0.6) is 17.2 Å². The van der Waals surface area contributed by atoms with E-state index in [0.29, 0.717) is 12.2 Å². The number of ether oxygens (including phenoxy) is 3. The fourth-order valence-electron chi connectivity index (χ4n) is 2.74. The average molecular weight is 354 g/mol. The molecule has 0 atom stereocenters. The van der Waals surface area contributed by atoms with Gasteiger partial charge in [-0.3, -0.25) is 4.79 Å². The van der Waals surface area contributed by atoms with Gasteiger partial charge in [0.15, 0.2) is 11.5 Å². The van der Waals surface area contributed by atoms with E-state index in [1.165, 1.54) is 11.1 Å². The van der Waals surface area contributed by atoms with Gasteiger partial charge in [-0.1, -0.05) is 6.07 Å². The van der Waals surface area contributed by atoms with Crippen LogP contribution < -0.4 is 19.6 Å². The molecule has 136 valence electrons. The van der Waals surface area contributed by atoms with Crippen LogP contribution in [0.25, 0.3) is 0 Å². The van der Waals surface area contributed by atoms with Gasteiger partial charge in [-0.25, -0.2) is 5.43 Å². The molecule has 0 saturated heterocycles. The molecule has 1 heterocycles. The second-order valence-corrected chi connectivity index (χ2v) is 6.05. The number of amides is 1. The van der Waals surface area contributed by atoms with Crippen molar-refractivity contribution in [3.05, 3.63) is 53.1 Å². The molecular formula is C20H22N2O4. The van der Waals surface area contributed by atoms with Crippen molar-refractivity contribution in [3.8, 4) is 17.2 Å². The first-order valence-corrected chi connectivity index (χ1v) is 8.51. The van der Waals surface area contributed by atoms with E-state index >= 15 is 0 Å². The fourth-order valence-corrected chi connectivity index (χ4v) is 2.74. The Morgan fingerprint density at radius 3 is 2.88 bits per heavy atom. The van der Waals surface area contributed by atoms with Crippen molar-refractivity contribution in [1.29, 1.82) is 0 Å². The summed E-state index contributed by atoms with van der Waals surface area (Å²) in [6.45, 7) is 2.29. The summed E-state index contributed by atoms with van der Waals surface area (Å²) in [6.07, 6.45) is 3.62. The van der Waals surface area contributed by atoms with Crippen LogP contribution in [0, 0.1) is 6.92 Å². The van der Waals surface area contributed by atoms with E-state index in [1.807, 2.05) is 43.3 Å². The van der Waals surface area contributed by atoms with E-state index in [4.69, 9.17) is 14.2 Å². The van der Waals surface area contributed by atoms with Gasteiger partial charge in [0.25, 0.3) is 0 Å². The number of nitrogens with zero attached hydrogens (tertiary/aromatic N) is 1. The number of hydrogen-bond acceptors (Lipinski definition) is 5. The molecule has 6 heteroatoms. The Morgan fingerprint density at radius 1 is 1.23 bits per heavy atom. The zero-order valence-electron chi connectivity index (χ0n) is 15.0. The largest absolute Gasteiger partial charge is 0.497 e. The van der Waals surface area contributed by atoms with Crippen molar-refractivity contribution < 1.29 is 19.0 Å². The Bertz CT molecular complexity index is 817. The minimum absolute atomic E-state index is 0.104. The molecular weight excluding hydrogens is 332 g/mol. The third kappa shape index (κ3) is 4.53. The summed E-state index contributed by atoms with van der Waals surface area (Å²) in [6, 6.07) is 11.5. The molecule has 0 saturated carbocycles. The Kier molecular flexibility index (Phi) is 5.73. The predicted molar refractivity (Wildman–Crippen MR) is 99.0 cm³/mol. The van der Waals surface area contributed by atoms with E-state index in [-0.39, 0.29) is 12.7 Å². The molecule has 0 bridgehead atoms.